The highest BCUT2D eigenvalue weighted by Crippen LogP contribution is 2.18. The van der Waals surface area contributed by atoms with Crippen molar-refractivity contribution in [3.63, 3.8) is 0 Å². The molecule has 1 heterocycles. The quantitative estimate of drug-likeness (QED) is 0.841. The van der Waals surface area contributed by atoms with Crippen molar-refractivity contribution in [3.05, 3.63) is 24.3 Å². The molecule has 0 amide bonds. The van der Waals surface area contributed by atoms with E-state index in [1.165, 1.54) is 0 Å². The van der Waals surface area contributed by atoms with Crippen molar-refractivity contribution in [3.8, 4) is 0 Å². The minimum atomic E-state index is 0.285. The molecule has 4 heteroatoms. The number of ether oxygens (including phenoxy) is 1. The summed E-state index contributed by atoms with van der Waals surface area (Å²) in [5.74, 6) is 0. The molecule has 0 saturated heterocycles. The van der Waals surface area contributed by atoms with Crippen LogP contribution in [0.5, 0.6) is 0 Å². The van der Waals surface area contributed by atoms with E-state index in [4.69, 9.17) is 9.15 Å². The molecule has 1 atom stereocenters. The van der Waals surface area contributed by atoms with Gasteiger partial charge in [0.1, 0.15) is 5.52 Å². The zero-order valence-corrected chi connectivity index (χ0v) is 9.56. The molecule has 0 aliphatic heterocycles. The first kappa shape index (κ1) is 11.0. The smallest absolute Gasteiger partial charge is 0.295 e. The Morgan fingerprint density at radius 1 is 1.44 bits per heavy atom. The zero-order valence-electron chi connectivity index (χ0n) is 9.56. The number of oxazole rings is 1. The SMILES string of the molecule is COCCC(C)Nc1nc2ccccc2o1. The van der Waals surface area contributed by atoms with E-state index in [9.17, 15) is 0 Å². The van der Waals surface area contributed by atoms with E-state index < -0.39 is 0 Å². The zero-order chi connectivity index (χ0) is 11.4. The highest BCUT2D eigenvalue weighted by Gasteiger charge is 2.07. The van der Waals surface area contributed by atoms with Gasteiger partial charge in [0.25, 0.3) is 6.01 Å². The summed E-state index contributed by atoms with van der Waals surface area (Å²) in [6.45, 7) is 2.81. The molecule has 0 aliphatic rings. The van der Waals surface area contributed by atoms with Gasteiger partial charge in [0.15, 0.2) is 5.58 Å². The average Bonchev–Trinajstić information content (AvgIpc) is 2.68. The van der Waals surface area contributed by atoms with Crippen molar-refractivity contribution in [1.82, 2.24) is 4.98 Å². The second-order valence-electron chi connectivity index (χ2n) is 3.81. The lowest BCUT2D eigenvalue weighted by molar-refractivity contribution is 0.191. The van der Waals surface area contributed by atoms with Gasteiger partial charge in [-0.2, -0.15) is 4.98 Å². The fraction of sp³-hybridized carbons (Fsp3) is 0.417. The van der Waals surface area contributed by atoms with Gasteiger partial charge in [-0.05, 0) is 25.5 Å². The van der Waals surface area contributed by atoms with E-state index in [0.717, 1.165) is 24.1 Å². The van der Waals surface area contributed by atoms with Crippen LogP contribution >= 0.6 is 0 Å². The fourth-order valence-corrected chi connectivity index (χ4v) is 1.51. The van der Waals surface area contributed by atoms with Crippen LogP contribution in [0.3, 0.4) is 0 Å². The number of nitrogens with zero attached hydrogens (tertiary/aromatic N) is 1. The summed E-state index contributed by atoms with van der Waals surface area (Å²) < 4.78 is 10.6. The molecule has 2 aromatic rings. The first-order valence-electron chi connectivity index (χ1n) is 5.40. The minimum Gasteiger partial charge on any atom is -0.424 e. The monoisotopic (exact) mass is 220 g/mol. The Morgan fingerprint density at radius 2 is 2.25 bits per heavy atom. The molecule has 86 valence electrons. The van der Waals surface area contributed by atoms with Gasteiger partial charge in [0.05, 0.1) is 0 Å². The Labute approximate surface area is 94.6 Å². The summed E-state index contributed by atoms with van der Waals surface area (Å²) in [4.78, 5) is 4.34. The molecule has 0 bridgehead atoms. The number of anilines is 1. The third-order valence-corrected chi connectivity index (χ3v) is 2.42. The maximum Gasteiger partial charge on any atom is 0.295 e. The Morgan fingerprint density at radius 3 is 3.00 bits per heavy atom. The molecular weight excluding hydrogens is 204 g/mol. The van der Waals surface area contributed by atoms with Crippen molar-refractivity contribution in [1.29, 1.82) is 0 Å². The Hall–Kier alpha value is -1.55. The number of para-hydroxylation sites is 2. The van der Waals surface area contributed by atoms with Crippen LogP contribution in [0.15, 0.2) is 28.7 Å². The average molecular weight is 220 g/mol. The summed E-state index contributed by atoms with van der Waals surface area (Å²) in [5, 5.41) is 3.21. The second-order valence-corrected chi connectivity index (χ2v) is 3.81. The lowest BCUT2D eigenvalue weighted by Gasteiger charge is -2.10. The number of aromatic nitrogens is 1. The molecule has 0 fully saturated rings. The van der Waals surface area contributed by atoms with Gasteiger partial charge >= 0.3 is 0 Å². The van der Waals surface area contributed by atoms with Crippen LogP contribution in [0, 0.1) is 0 Å². The first-order valence-corrected chi connectivity index (χ1v) is 5.40. The maximum atomic E-state index is 5.56. The third-order valence-electron chi connectivity index (χ3n) is 2.42. The van der Waals surface area contributed by atoms with Crippen LogP contribution < -0.4 is 5.32 Å². The number of hydrogen-bond donors (Lipinski definition) is 1. The summed E-state index contributed by atoms with van der Waals surface area (Å²) in [6, 6.07) is 8.59. The highest BCUT2D eigenvalue weighted by atomic mass is 16.5. The molecule has 0 aliphatic carbocycles. The van der Waals surface area contributed by atoms with Gasteiger partial charge in [0, 0.05) is 19.8 Å². The van der Waals surface area contributed by atoms with Crippen LogP contribution in [0.4, 0.5) is 6.01 Å². The Balaban J connectivity index is 2.03. The van der Waals surface area contributed by atoms with Crippen molar-refractivity contribution < 1.29 is 9.15 Å². The molecular formula is C12H16N2O2. The molecule has 0 saturated carbocycles. The number of hydrogen-bond acceptors (Lipinski definition) is 4. The molecule has 1 N–H and O–H groups in total. The van der Waals surface area contributed by atoms with E-state index in [1.807, 2.05) is 24.3 Å². The lowest BCUT2D eigenvalue weighted by atomic mass is 10.2. The van der Waals surface area contributed by atoms with Crippen LogP contribution in [0.25, 0.3) is 11.1 Å². The Bertz CT molecular complexity index is 420. The third kappa shape index (κ3) is 2.52. The van der Waals surface area contributed by atoms with Crippen LogP contribution in [-0.4, -0.2) is 24.7 Å². The minimum absolute atomic E-state index is 0.285. The predicted molar refractivity (Wildman–Crippen MR) is 63.6 cm³/mol. The molecule has 2 rings (SSSR count). The lowest BCUT2D eigenvalue weighted by Crippen LogP contribution is -2.17. The molecule has 1 unspecified atom stereocenters. The van der Waals surface area contributed by atoms with Crippen molar-refractivity contribution >= 4 is 17.1 Å². The van der Waals surface area contributed by atoms with Gasteiger partial charge in [-0.3, -0.25) is 0 Å². The van der Waals surface area contributed by atoms with Crippen LogP contribution in [0.2, 0.25) is 0 Å². The molecule has 0 spiro atoms. The van der Waals surface area contributed by atoms with Gasteiger partial charge in [-0.25, -0.2) is 0 Å². The summed E-state index contributed by atoms with van der Waals surface area (Å²) in [7, 11) is 1.70. The molecule has 16 heavy (non-hydrogen) atoms. The molecule has 0 radical (unpaired) electrons. The van der Waals surface area contributed by atoms with E-state index in [1.54, 1.807) is 7.11 Å². The number of fused-ring (bicyclic) bond motifs is 1. The summed E-state index contributed by atoms with van der Waals surface area (Å²) in [5.41, 5.74) is 1.69. The van der Waals surface area contributed by atoms with E-state index >= 15 is 0 Å². The fourth-order valence-electron chi connectivity index (χ4n) is 1.51. The van der Waals surface area contributed by atoms with Gasteiger partial charge in [-0.15, -0.1) is 0 Å². The summed E-state index contributed by atoms with van der Waals surface area (Å²) >= 11 is 0. The van der Waals surface area contributed by atoms with E-state index in [0.29, 0.717) is 6.01 Å². The first-order chi connectivity index (χ1) is 7.79. The maximum absolute atomic E-state index is 5.56. The van der Waals surface area contributed by atoms with E-state index in [-0.39, 0.29) is 6.04 Å². The molecule has 4 nitrogen and oxygen atoms in total. The highest BCUT2D eigenvalue weighted by molar-refractivity contribution is 5.74. The van der Waals surface area contributed by atoms with Crippen LogP contribution in [-0.2, 0) is 4.74 Å². The number of methoxy groups -OCH3 is 1. The number of benzene rings is 1. The molecule has 1 aromatic heterocycles. The number of nitrogens with one attached hydrogen (secondary N) is 1. The van der Waals surface area contributed by atoms with Gasteiger partial charge < -0.3 is 14.5 Å². The summed E-state index contributed by atoms with van der Waals surface area (Å²) in [6.07, 6.45) is 0.926. The van der Waals surface area contributed by atoms with Crippen LogP contribution in [0.1, 0.15) is 13.3 Å². The predicted octanol–water partition coefficient (Wildman–Crippen LogP) is 2.66. The van der Waals surface area contributed by atoms with Crippen molar-refractivity contribution in [2.45, 2.75) is 19.4 Å². The van der Waals surface area contributed by atoms with Gasteiger partial charge in [-0.1, -0.05) is 12.1 Å². The largest absolute Gasteiger partial charge is 0.424 e. The van der Waals surface area contributed by atoms with Crippen molar-refractivity contribution in [2.24, 2.45) is 0 Å². The second kappa shape index (κ2) is 4.99. The molecule has 1 aromatic carbocycles. The topological polar surface area (TPSA) is 47.3 Å². The van der Waals surface area contributed by atoms with E-state index in [2.05, 4.69) is 17.2 Å². The normalized spacial score (nSPS) is 12.9. The van der Waals surface area contributed by atoms with Crippen molar-refractivity contribution in [2.75, 3.05) is 19.0 Å². The number of rotatable bonds is 5. The standard InChI is InChI=1S/C12H16N2O2/c1-9(7-8-15-2)13-12-14-10-5-3-4-6-11(10)16-12/h3-6,9H,7-8H2,1-2H3,(H,13,14). The van der Waals surface area contributed by atoms with Gasteiger partial charge in [0.2, 0.25) is 0 Å². The Kier molecular flexibility index (Phi) is 3.41.